The molecule has 1 aromatic rings. The number of hydrogen-bond acceptors (Lipinski definition) is 4. The molecule has 0 spiro atoms. The monoisotopic (exact) mass is 297 g/mol. The smallest absolute Gasteiger partial charge is 0.258 e. The lowest BCUT2D eigenvalue weighted by atomic mass is 10.2. The minimum absolute atomic E-state index is 0.117. The predicted molar refractivity (Wildman–Crippen MR) is 71.1 cm³/mol. The molecule has 5 nitrogen and oxygen atoms in total. The minimum Gasteiger partial charge on any atom is -0.258 e. The largest absolute Gasteiger partial charge is 0.286 e. The Morgan fingerprint density at radius 2 is 2.05 bits per heavy atom. The second kappa shape index (κ2) is 6.24. The molecule has 0 saturated heterocycles. The van der Waals surface area contributed by atoms with E-state index in [1.54, 1.807) is 0 Å². The van der Waals surface area contributed by atoms with Crippen molar-refractivity contribution in [2.45, 2.75) is 17.7 Å². The van der Waals surface area contributed by atoms with Crippen molar-refractivity contribution in [3.63, 3.8) is 0 Å². The Kier molecular flexibility index (Phi) is 4.94. The average Bonchev–Trinajstić information content (AvgIpc) is 2.33. The lowest BCUT2D eigenvalue weighted by molar-refractivity contribution is -0.385. The molecule has 0 N–H and O–H groups in total. The molecule has 0 fully saturated rings. The number of halogens is 1. The zero-order valence-corrected chi connectivity index (χ0v) is 11.2. The zero-order chi connectivity index (χ0) is 14.5. The summed E-state index contributed by atoms with van der Waals surface area (Å²) in [5.74, 6) is 7.65. The first-order valence-electron chi connectivity index (χ1n) is 5.01. The summed E-state index contributed by atoms with van der Waals surface area (Å²) in [6, 6.07) is 3.30. The molecular weight excluding hydrogens is 290 g/mol. The van der Waals surface area contributed by atoms with E-state index >= 15 is 0 Å². The van der Waals surface area contributed by atoms with Crippen LogP contribution in [0, 0.1) is 34.3 Å². The van der Waals surface area contributed by atoms with Gasteiger partial charge in [0, 0.05) is 29.6 Å². The molecule has 0 saturated carbocycles. The normalized spacial score (nSPS) is 10.1. The van der Waals surface area contributed by atoms with E-state index in [9.17, 15) is 18.5 Å². The van der Waals surface area contributed by atoms with Gasteiger partial charge < -0.3 is 0 Å². The van der Waals surface area contributed by atoms with Crippen LogP contribution in [0.4, 0.5) is 5.69 Å². The standard InChI is InChI=1S/C12H8ClNO4S/c1-2-3-4-5-6-10-7-8-11(19(13,17)18)9-12(10)14(15)16/h1,7-9H,3-4H2. The highest BCUT2D eigenvalue weighted by Gasteiger charge is 2.18. The number of unbranched alkanes of at least 4 members (excludes halogenated alkanes) is 1. The highest BCUT2D eigenvalue weighted by molar-refractivity contribution is 8.13. The lowest BCUT2D eigenvalue weighted by Crippen LogP contribution is -1.97. The van der Waals surface area contributed by atoms with Crippen LogP contribution >= 0.6 is 10.7 Å². The SMILES string of the molecule is C#CCCC#Cc1ccc(S(=O)(=O)Cl)cc1[N+](=O)[O-]. The average molecular weight is 298 g/mol. The highest BCUT2D eigenvalue weighted by Crippen LogP contribution is 2.24. The van der Waals surface area contributed by atoms with Crippen molar-refractivity contribution in [2.75, 3.05) is 0 Å². The summed E-state index contributed by atoms with van der Waals surface area (Å²) in [6.45, 7) is 0. The third-order valence-electron chi connectivity index (χ3n) is 2.06. The highest BCUT2D eigenvalue weighted by atomic mass is 35.7. The van der Waals surface area contributed by atoms with Crippen LogP contribution in [0.15, 0.2) is 23.1 Å². The molecule has 7 heteroatoms. The molecule has 0 atom stereocenters. The van der Waals surface area contributed by atoms with Crippen molar-refractivity contribution in [1.82, 2.24) is 0 Å². The molecule has 1 rings (SSSR count). The minimum atomic E-state index is -4.01. The molecule has 19 heavy (non-hydrogen) atoms. The van der Waals surface area contributed by atoms with Crippen LogP contribution in [0.25, 0.3) is 0 Å². The van der Waals surface area contributed by atoms with Gasteiger partial charge in [-0.2, -0.15) is 0 Å². The maximum absolute atomic E-state index is 11.1. The fourth-order valence-corrected chi connectivity index (χ4v) is 1.98. The van der Waals surface area contributed by atoms with Crippen molar-refractivity contribution in [3.05, 3.63) is 33.9 Å². The molecule has 0 radical (unpaired) electrons. The molecule has 0 bridgehead atoms. The van der Waals surface area contributed by atoms with Crippen LogP contribution in [0.5, 0.6) is 0 Å². The third-order valence-corrected chi connectivity index (χ3v) is 3.42. The molecule has 0 amide bonds. The van der Waals surface area contributed by atoms with Gasteiger partial charge in [-0.05, 0) is 12.1 Å². The molecule has 0 heterocycles. The van der Waals surface area contributed by atoms with Gasteiger partial charge in [0.1, 0.15) is 5.56 Å². The van der Waals surface area contributed by atoms with Crippen molar-refractivity contribution in [1.29, 1.82) is 0 Å². The Bertz CT molecular complexity index is 707. The molecule has 98 valence electrons. The fraction of sp³-hybridized carbons (Fsp3) is 0.167. The molecule has 0 aliphatic rings. The van der Waals surface area contributed by atoms with Crippen molar-refractivity contribution >= 4 is 25.4 Å². The van der Waals surface area contributed by atoms with Crippen LogP contribution in [-0.4, -0.2) is 13.3 Å². The molecule has 1 aromatic carbocycles. The van der Waals surface area contributed by atoms with Gasteiger partial charge in [0.05, 0.1) is 9.82 Å². The fourth-order valence-electron chi connectivity index (χ4n) is 1.21. The van der Waals surface area contributed by atoms with Crippen molar-refractivity contribution < 1.29 is 13.3 Å². The Morgan fingerprint density at radius 1 is 1.37 bits per heavy atom. The Morgan fingerprint density at radius 3 is 2.58 bits per heavy atom. The maximum atomic E-state index is 11.1. The Balaban J connectivity index is 3.23. The number of nitro groups is 1. The summed E-state index contributed by atoms with van der Waals surface area (Å²) in [7, 11) is 1.11. The van der Waals surface area contributed by atoms with Gasteiger partial charge in [-0.25, -0.2) is 8.42 Å². The maximum Gasteiger partial charge on any atom is 0.286 e. The second-order valence-electron chi connectivity index (χ2n) is 3.38. The van der Waals surface area contributed by atoms with Gasteiger partial charge in [-0.3, -0.25) is 10.1 Å². The topological polar surface area (TPSA) is 77.3 Å². The number of hydrogen-bond donors (Lipinski definition) is 0. The third kappa shape index (κ3) is 4.29. The van der Waals surface area contributed by atoms with Crippen molar-refractivity contribution in [2.24, 2.45) is 0 Å². The van der Waals surface area contributed by atoms with Gasteiger partial charge in [0.15, 0.2) is 0 Å². The van der Waals surface area contributed by atoms with Crippen LogP contribution in [-0.2, 0) is 9.05 Å². The van der Waals surface area contributed by atoms with Crippen LogP contribution in [0.2, 0.25) is 0 Å². The summed E-state index contributed by atoms with van der Waals surface area (Å²) in [5, 5.41) is 10.9. The molecule has 0 aliphatic carbocycles. The van der Waals surface area contributed by atoms with Gasteiger partial charge in [0.2, 0.25) is 0 Å². The molecule has 0 unspecified atom stereocenters. The van der Waals surface area contributed by atoms with E-state index in [-0.39, 0.29) is 10.5 Å². The predicted octanol–water partition coefficient (Wildman–Crippen LogP) is 2.29. The summed E-state index contributed by atoms with van der Waals surface area (Å²) in [6.07, 6.45) is 5.89. The molecule has 0 aliphatic heterocycles. The van der Waals surface area contributed by atoms with E-state index in [4.69, 9.17) is 17.1 Å². The Hall–Kier alpha value is -2.02. The van der Waals surface area contributed by atoms with E-state index in [0.717, 1.165) is 6.07 Å². The van der Waals surface area contributed by atoms with Gasteiger partial charge in [-0.15, -0.1) is 12.3 Å². The number of benzene rings is 1. The van der Waals surface area contributed by atoms with E-state index in [0.29, 0.717) is 12.8 Å². The van der Waals surface area contributed by atoms with E-state index < -0.39 is 19.7 Å². The number of rotatable bonds is 3. The zero-order valence-electron chi connectivity index (χ0n) is 9.59. The van der Waals surface area contributed by atoms with Crippen LogP contribution in [0.3, 0.4) is 0 Å². The first kappa shape index (κ1) is 15.0. The molecule has 0 aromatic heterocycles. The first-order valence-corrected chi connectivity index (χ1v) is 7.32. The molecular formula is C12H8ClNO4S. The summed E-state index contributed by atoms with van der Waals surface area (Å²) in [4.78, 5) is 9.81. The van der Waals surface area contributed by atoms with E-state index in [1.807, 2.05) is 0 Å². The quantitative estimate of drug-likeness (QED) is 0.282. The van der Waals surface area contributed by atoms with Gasteiger partial charge >= 0.3 is 0 Å². The van der Waals surface area contributed by atoms with E-state index in [1.165, 1.54) is 12.1 Å². The van der Waals surface area contributed by atoms with Crippen molar-refractivity contribution in [3.8, 4) is 24.2 Å². The summed E-state index contributed by atoms with van der Waals surface area (Å²) < 4.78 is 22.2. The summed E-state index contributed by atoms with van der Waals surface area (Å²) in [5.41, 5.74) is -0.291. The lowest BCUT2D eigenvalue weighted by Gasteiger charge is -1.98. The summed E-state index contributed by atoms with van der Waals surface area (Å²) >= 11 is 0. The van der Waals surface area contributed by atoms with E-state index in [2.05, 4.69) is 17.8 Å². The van der Waals surface area contributed by atoms with Crippen LogP contribution in [0.1, 0.15) is 18.4 Å². The van der Waals surface area contributed by atoms with Crippen LogP contribution < -0.4 is 0 Å². The number of nitro benzene ring substituents is 1. The first-order chi connectivity index (χ1) is 8.86. The van der Waals surface area contributed by atoms with Gasteiger partial charge in [-0.1, -0.05) is 11.8 Å². The van der Waals surface area contributed by atoms with Gasteiger partial charge in [0.25, 0.3) is 14.7 Å². The second-order valence-corrected chi connectivity index (χ2v) is 5.95. The Labute approximate surface area is 115 Å². The number of nitrogens with zero attached hydrogens (tertiary/aromatic N) is 1. The number of terminal acetylenes is 1.